The Morgan fingerprint density at radius 2 is 2.09 bits per heavy atom. The second-order valence-corrected chi connectivity index (χ2v) is 6.51. The molecule has 2 heterocycles. The SMILES string of the molecule is CC1CCCCN1c1ncnc(Nc2cccc(Cl)c2Cl)c1N. The van der Waals surface area contributed by atoms with Crippen LogP contribution < -0.4 is 16.0 Å². The quantitative estimate of drug-likeness (QED) is 0.852. The first-order valence-corrected chi connectivity index (χ1v) is 8.41. The third kappa shape index (κ3) is 3.31. The molecule has 3 N–H and O–H groups in total. The second kappa shape index (κ2) is 6.81. The van der Waals surface area contributed by atoms with Crippen LogP contribution in [0, 0.1) is 0 Å². The minimum absolute atomic E-state index is 0.420. The number of nitrogen functional groups attached to an aromatic ring is 1. The highest BCUT2D eigenvalue weighted by molar-refractivity contribution is 6.43. The summed E-state index contributed by atoms with van der Waals surface area (Å²) in [6.07, 6.45) is 5.06. The Labute approximate surface area is 145 Å². The van der Waals surface area contributed by atoms with Crippen molar-refractivity contribution < 1.29 is 0 Å². The molecule has 122 valence electrons. The lowest BCUT2D eigenvalue weighted by Crippen LogP contribution is -2.38. The van der Waals surface area contributed by atoms with Gasteiger partial charge in [0.05, 0.1) is 15.7 Å². The van der Waals surface area contributed by atoms with Crippen LogP contribution in [0.1, 0.15) is 26.2 Å². The minimum atomic E-state index is 0.420. The summed E-state index contributed by atoms with van der Waals surface area (Å²) in [6.45, 7) is 3.15. The molecule has 2 aromatic rings. The van der Waals surface area contributed by atoms with E-state index in [-0.39, 0.29) is 0 Å². The molecule has 0 aliphatic carbocycles. The highest BCUT2D eigenvalue weighted by Gasteiger charge is 2.23. The molecule has 1 saturated heterocycles. The fourth-order valence-electron chi connectivity index (χ4n) is 2.86. The number of anilines is 4. The number of hydrogen-bond acceptors (Lipinski definition) is 5. The Kier molecular flexibility index (Phi) is 4.78. The maximum atomic E-state index is 6.31. The molecule has 1 unspecified atom stereocenters. The van der Waals surface area contributed by atoms with E-state index in [2.05, 4.69) is 27.1 Å². The normalized spacial score (nSPS) is 18.0. The summed E-state index contributed by atoms with van der Waals surface area (Å²) in [7, 11) is 0. The maximum absolute atomic E-state index is 6.31. The van der Waals surface area contributed by atoms with Gasteiger partial charge in [0.15, 0.2) is 11.6 Å². The van der Waals surface area contributed by atoms with Gasteiger partial charge in [0, 0.05) is 12.6 Å². The number of hydrogen-bond donors (Lipinski definition) is 2. The molecule has 1 atom stereocenters. The van der Waals surface area contributed by atoms with E-state index in [1.807, 2.05) is 12.1 Å². The first kappa shape index (κ1) is 16.1. The van der Waals surface area contributed by atoms with Gasteiger partial charge in [-0.1, -0.05) is 29.3 Å². The smallest absolute Gasteiger partial charge is 0.159 e. The molecule has 1 aromatic heterocycles. The molecule has 23 heavy (non-hydrogen) atoms. The Morgan fingerprint density at radius 3 is 2.87 bits per heavy atom. The number of halogens is 2. The molecular formula is C16H19Cl2N5. The average Bonchev–Trinajstić information content (AvgIpc) is 2.54. The van der Waals surface area contributed by atoms with Crippen molar-refractivity contribution in [1.82, 2.24) is 9.97 Å². The molecule has 1 aliphatic rings. The summed E-state index contributed by atoms with van der Waals surface area (Å²) in [5.41, 5.74) is 7.50. The van der Waals surface area contributed by atoms with Crippen LogP contribution >= 0.6 is 23.2 Å². The Morgan fingerprint density at radius 1 is 1.26 bits per heavy atom. The van der Waals surface area contributed by atoms with E-state index < -0.39 is 0 Å². The fraction of sp³-hybridized carbons (Fsp3) is 0.375. The van der Waals surface area contributed by atoms with Crippen LogP contribution in [0.15, 0.2) is 24.5 Å². The topological polar surface area (TPSA) is 67.1 Å². The molecule has 0 spiro atoms. The van der Waals surface area contributed by atoms with Crippen LogP contribution in [0.3, 0.4) is 0 Å². The van der Waals surface area contributed by atoms with Gasteiger partial charge >= 0.3 is 0 Å². The lowest BCUT2D eigenvalue weighted by molar-refractivity contribution is 0.481. The molecule has 1 aromatic carbocycles. The molecule has 0 saturated carbocycles. The van der Waals surface area contributed by atoms with E-state index in [1.54, 1.807) is 6.07 Å². The van der Waals surface area contributed by atoms with Gasteiger partial charge in [0.2, 0.25) is 0 Å². The van der Waals surface area contributed by atoms with Crippen molar-refractivity contribution in [2.75, 3.05) is 22.5 Å². The third-order valence-electron chi connectivity index (χ3n) is 4.14. The summed E-state index contributed by atoms with van der Waals surface area (Å²) in [6, 6.07) is 5.81. The van der Waals surface area contributed by atoms with Crippen LogP contribution in [-0.4, -0.2) is 22.6 Å². The van der Waals surface area contributed by atoms with Crippen LogP contribution in [0.25, 0.3) is 0 Å². The molecule has 1 aliphatic heterocycles. The van der Waals surface area contributed by atoms with E-state index in [4.69, 9.17) is 28.9 Å². The van der Waals surface area contributed by atoms with Crippen molar-refractivity contribution in [2.45, 2.75) is 32.2 Å². The van der Waals surface area contributed by atoms with Crippen molar-refractivity contribution in [2.24, 2.45) is 0 Å². The van der Waals surface area contributed by atoms with Crippen molar-refractivity contribution >= 4 is 46.2 Å². The Bertz CT molecular complexity index is 707. The number of piperidine rings is 1. The molecule has 0 radical (unpaired) electrons. The number of nitrogens with zero attached hydrogens (tertiary/aromatic N) is 3. The fourth-order valence-corrected chi connectivity index (χ4v) is 3.20. The predicted octanol–water partition coefficient (Wildman–Crippen LogP) is 4.49. The highest BCUT2D eigenvalue weighted by Crippen LogP contribution is 2.35. The molecule has 5 nitrogen and oxygen atoms in total. The standard InChI is InChI=1S/C16H19Cl2N5/c1-10-5-2-3-8-23(10)16-14(19)15(20-9-21-16)22-12-7-4-6-11(17)13(12)18/h4,6-7,9-10H,2-3,5,8,19H2,1H3,(H,20,21,22). The lowest BCUT2D eigenvalue weighted by atomic mass is 10.0. The van der Waals surface area contributed by atoms with Gasteiger partial charge in [0.1, 0.15) is 12.0 Å². The summed E-state index contributed by atoms with van der Waals surface area (Å²) in [5.74, 6) is 1.31. The summed E-state index contributed by atoms with van der Waals surface area (Å²) in [4.78, 5) is 10.9. The summed E-state index contributed by atoms with van der Waals surface area (Å²) < 4.78 is 0. The van der Waals surface area contributed by atoms with E-state index in [0.717, 1.165) is 25.2 Å². The van der Waals surface area contributed by atoms with Gasteiger partial charge < -0.3 is 16.0 Å². The van der Waals surface area contributed by atoms with Crippen molar-refractivity contribution in [3.05, 3.63) is 34.6 Å². The van der Waals surface area contributed by atoms with Crippen molar-refractivity contribution in [3.63, 3.8) is 0 Å². The van der Waals surface area contributed by atoms with Crippen LogP contribution in [0.2, 0.25) is 10.0 Å². The van der Waals surface area contributed by atoms with E-state index in [1.165, 1.54) is 12.7 Å². The van der Waals surface area contributed by atoms with Crippen molar-refractivity contribution in [1.29, 1.82) is 0 Å². The average molecular weight is 352 g/mol. The monoisotopic (exact) mass is 351 g/mol. The number of aromatic nitrogens is 2. The zero-order valence-electron chi connectivity index (χ0n) is 12.9. The number of rotatable bonds is 3. The largest absolute Gasteiger partial charge is 0.393 e. The van der Waals surface area contributed by atoms with Gasteiger partial charge in [-0.25, -0.2) is 9.97 Å². The van der Waals surface area contributed by atoms with Gasteiger partial charge in [-0.3, -0.25) is 0 Å². The van der Waals surface area contributed by atoms with Crippen molar-refractivity contribution in [3.8, 4) is 0 Å². The third-order valence-corrected chi connectivity index (χ3v) is 4.96. The van der Waals surface area contributed by atoms with Gasteiger partial charge in [-0.15, -0.1) is 0 Å². The zero-order valence-corrected chi connectivity index (χ0v) is 14.4. The predicted molar refractivity (Wildman–Crippen MR) is 96.8 cm³/mol. The van der Waals surface area contributed by atoms with Gasteiger partial charge in [0.25, 0.3) is 0 Å². The maximum Gasteiger partial charge on any atom is 0.159 e. The molecular weight excluding hydrogens is 333 g/mol. The Balaban J connectivity index is 1.92. The molecule has 0 amide bonds. The first-order valence-electron chi connectivity index (χ1n) is 7.66. The van der Waals surface area contributed by atoms with E-state index >= 15 is 0 Å². The zero-order chi connectivity index (χ0) is 16.4. The highest BCUT2D eigenvalue weighted by atomic mass is 35.5. The molecule has 7 heteroatoms. The first-order chi connectivity index (χ1) is 11.1. The molecule has 0 bridgehead atoms. The van der Waals surface area contributed by atoms with Crippen LogP contribution in [-0.2, 0) is 0 Å². The van der Waals surface area contributed by atoms with E-state index in [0.29, 0.717) is 33.3 Å². The summed E-state index contributed by atoms with van der Waals surface area (Å²) in [5, 5.41) is 4.08. The summed E-state index contributed by atoms with van der Waals surface area (Å²) >= 11 is 12.3. The number of nitrogens with one attached hydrogen (secondary N) is 1. The molecule has 3 rings (SSSR count). The molecule has 1 fully saturated rings. The van der Waals surface area contributed by atoms with Gasteiger partial charge in [-0.2, -0.15) is 0 Å². The van der Waals surface area contributed by atoms with Crippen LogP contribution in [0.4, 0.5) is 23.0 Å². The van der Waals surface area contributed by atoms with Crippen LogP contribution in [0.5, 0.6) is 0 Å². The van der Waals surface area contributed by atoms with E-state index in [9.17, 15) is 0 Å². The number of nitrogens with two attached hydrogens (primary N) is 1. The Hall–Kier alpha value is -1.72. The number of benzene rings is 1. The van der Waals surface area contributed by atoms with Gasteiger partial charge in [-0.05, 0) is 38.3 Å². The lowest BCUT2D eigenvalue weighted by Gasteiger charge is -2.35. The second-order valence-electron chi connectivity index (χ2n) is 5.72. The minimum Gasteiger partial charge on any atom is -0.393 e.